The van der Waals surface area contributed by atoms with E-state index in [1.54, 1.807) is 0 Å². The van der Waals surface area contributed by atoms with Gasteiger partial charge in [-0.25, -0.2) is 5.84 Å². The number of hydrazine groups is 1. The van der Waals surface area contributed by atoms with Crippen LogP contribution in [-0.4, -0.2) is 23.2 Å². The minimum Gasteiger partial charge on any atom is -0.391 e. The first kappa shape index (κ1) is 8.35. The fraction of sp³-hybridized carbons (Fsp3) is 0.750. The normalized spacial score (nSPS) is 16.4. The van der Waals surface area contributed by atoms with Gasteiger partial charge in [0.2, 0.25) is 0 Å². The highest BCUT2D eigenvalue weighted by Crippen LogP contribution is 1.85. The van der Waals surface area contributed by atoms with E-state index in [-0.39, 0.29) is 0 Å². The van der Waals surface area contributed by atoms with Gasteiger partial charge >= 0.3 is 0 Å². The molecule has 5 nitrogen and oxygen atoms in total. The summed E-state index contributed by atoms with van der Waals surface area (Å²) >= 11 is 0. The zero-order valence-corrected chi connectivity index (χ0v) is 5.16. The van der Waals surface area contributed by atoms with Crippen LogP contribution in [-0.2, 0) is 4.79 Å². The number of carbonyl (C=O) groups excluding carboxylic acids is 1. The third-order valence-corrected chi connectivity index (χ3v) is 0.965. The first-order chi connectivity index (χ1) is 4.09. The second-order valence-corrected chi connectivity index (χ2v) is 1.77. The lowest BCUT2D eigenvalue weighted by atomic mass is 10.2. The van der Waals surface area contributed by atoms with Crippen molar-refractivity contribution in [2.24, 2.45) is 11.6 Å². The summed E-state index contributed by atoms with van der Waals surface area (Å²) in [6, 6.07) is -0.935. The van der Waals surface area contributed by atoms with Gasteiger partial charge in [-0.1, -0.05) is 0 Å². The Morgan fingerprint density at radius 2 is 2.22 bits per heavy atom. The second kappa shape index (κ2) is 3.39. The molecule has 0 fully saturated rings. The van der Waals surface area contributed by atoms with Gasteiger partial charge in [-0.2, -0.15) is 0 Å². The maximum absolute atomic E-state index is 10.4. The number of nitrogens with two attached hydrogens (primary N) is 2. The zero-order chi connectivity index (χ0) is 7.44. The molecular formula is C4H11N3O2. The largest absolute Gasteiger partial charge is 0.391 e. The molecule has 0 radical (unpaired) electrons. The summed E-state index contributed by atoms with van der Waals surface area (Å²) in [7, 11) is 0. The van der Waals surface area contributed by atoms with Crippen molar-refractivity contribution in [3.8, 4) is 0 Å². The van der Waals surface area contributed by atoms with E-state index < -0.39 is 18.1 Å². The fourth-order valence-corrected chi connectivity index (χ4v) is 0.315. The summed E-state index contributed by atoms with van der Waals surface area (Å²) in [5.74, 6) is 4.16. The predicted molar refractivity (Wildman–Crippen MR) is 32.0 cm³/mol. The van der Waals surface area contributed by atoms with Crippen LogP contribution in [0.1, 0.15) is 6.92 Å². The van der Waals surface area contributed by atoms with Gasteiger partial charge in [-0.15, -0.1) is 0 Å². The van der Waals surface area contributed by atoms with Crippen molar-refractivity contribution in [1.29, 1.82) is 0 Å². The van der Waals surface area contributed by atoms with Gasteiger partial charge in [-0.05, 0) is 6.92 Å². The molecule has 5 heteroatoms. The van der Waals surface area contributed by atoms with Crippen molar-refractivity contribution in [3.63, 3.8) is 0 Å². The highest BCUT2D eigenvalue weighted by atomic mass is 16.3. The molecule has 54 valence electrons. The maximum Gasteiger partial charge on any atom is 0.253 e. The number of aliphatic hydroxyl groups is 1. The van der Waals surface area contributed by atoms with Gasteiger partial charge in [0, 0.05) is 0 Å². The standard InChI is InChI=1S/C4H11N3O2/c1-2(8)3(5)4(9)7-6/h2-3,8H,5-6H2,1H3,(H,7,9)/t2-,3+/m1/s1. The molecule has 0 aromatic heterocycles. The van der Waals surface area contributed by atoms with E-state index in [2.05, 4.69) is 0 Å². The highest BCUT2D eigenvalue weighted by molar-refractivity contribution is 5.81. The van der Waals surface area contributed by atoms with E-state index >= 15 is 0 Å². The minimum absolute atomic E-state index is 0.565. The predicted octanol–water partition coefficient (Wildman–Crippen LogP) is -2.32. The molecule has 9 heavy (non-hydrogen) atoms. The summed E-state index contributed by atoms with van der Waals surface area (Å²) in [5, 5.41) is 8.68. The van der Waals surface area contributed by atoms with Crippen LogP contribution in [0.2, 0.25) is 0 Å². The Bertz CT molecular complexity index is 104. The lowest BCUT2D eigenvalue weighted by Gasteiger charge is -2.11. The van der Waals surface area contributed by atoms with Crippen LogP contribution < -0.4 is 17.0 Å². The van der Waals surface area contributed by atoms with Crippen LogP contribution in [0.5, 0.6) is 0 Å². The van der Waals surface area contributed by atoms with Crippen LogP contribution >= 0.6 is 0 Å². The van der Waals surface area contributed by atoms with Gasteiger partial charge in [-0.3, -0.25) is 10.2 Å². The topological polar surface area (TPSA) is 101 Å². The lowest BCUT2D eigenvalue weighted by molar-refractivity contribution is -0.124. The number of hydrogen-bond acceptors (Lipinski definition) is 4. The molecule has 1 amide bonds. The molecular weight excluding hydrogens is 122 g/mol. The molecule has 0 aliphatic rings. The molecule has 0 aromatic rings. The van der Waals surface area contributed by atoms with Crippen molar-refractivity contribution < 1.29 is 9.90 Å². The van der Waals surface area contributed by atoms with Crippen LogP contribution in [0.4, 0.5) is 0 Å². The van der Waals surface area contributed by atoms with Crippen molar-refractivity contribution in [3.05, 3.63) is 0 Å². The van der Waals surface area contributed by atoms with E-state index in [0.29, 0.717) is 0 Å². The molecule has 0 aromatic carbocycles. The summed E-state index contributed by atoms with van der Waals surface area (Å²) in [4.78, 5) is 10.4. The Labute approximate surface area is 53.0 Å². The average Bonchev–Trinajstić information content (AvgIpc) is 1.84. The molecule has 6 N–H and O–H groups in total. The smallest absolute Gasteiger partial charge is 0.253 e. The van der Waals surface area contributed by atoms with Gasteiger partial charge in [0.15, 0.2) is 0 Å². The molecule has 0 spiro atoms. The number of nitrogens with one attached hydrogen (secondary N) is 1. The van der Waals surface area contributed by atoms with E-state index in [1.165, 1.54) is 6.92 Å². The molecule has 0 saturated heterocycles. The second-order valence-electron chi connectivity index (χ2n) is 1.77. The number of rotatable bonds is 2. The first-order valence-electron chi connectivity index (χ1n) is 2.53. The highest BCUT2D eigenvalue weighted by Gasteiger charge is 2.16. The van der Waals surface area contributed by atoms with Crippen molar-refractivity contribution in [2.75, 3.05) is 0 Å². The van der Waals surface area contributed by atoms with E-state index in [4.69, 9.17) is 16.7 Å². The Kier molecular flexibility index (Phi) is 3.15. The van der Waals surface area contributed by atoms with E-state index in [1.807, 2.05) is 5.43 Å². The summed E-state index contributed by atoms with van der Waals surface area (Å²) < 4.78 is 0. The van der Waals surface area contributed by atoms with Gasteiger partial charge in [0.05, 0.1) is 6.10 Å². The maximum atomic E-state index is 10.4. The minimum atomic E-state index is -0.935. The van der Waals surface area contributed by atoms with Crippen LogP contribution in [0.3, 0.4) is 0 Å². The molecule has 0 aliphatic carbocycles. The van der Waals surface area contributed by atoms with Gasteiger partial charge in [0.1, 0.15) is 6.04 Å². The SMILES string of the molecule is C[C@@H](O)[C@H](N)C(=O)NN. The molecule has 0 heterocycles. The monoisotopic (exact) mass is 133 g/mol. The van der Waals surface area contributed by atoms with E-state index in [9.17, 15) is 4.79 Å². The van der Waals surface area contributed by atoms with Crippen LogP contribution in [0.25, 0.3) is 0 Å². The van der Waals surface area contributed by atoms with E-state index in [0.717, 1.165) is 0 Å². The fourth-order valence-electron chi connectivity index (χ4n) is 0.315. The van der Waals surface area contributed by atoms with Gasteiger partial charge < -0.3 is 10.8 Å². The molecule has 0 saturated carbocycles. The summed E-state index contributed by atoms with van der Waals surface area (Å²) in [6.45, 7) is 1.42. The number of aliphatic hydroxyl groups excluding tert-OH is 1. The third kappa shape index (κ3) is 2.41. The molecule has 0 unspecified atom stereocenters. The molecule has 0 bridgehead atoms. The first-order valence-corrected chi connectivity index (χ1v) is 2.53. The zero-order valence-electron chi connectivity index (χ0n) is 5.16. The average molecular weight is 133 g/mol. The number of hydrogen-bond donors (Lipinski definition) is 4. The molecule has 0 aliphatic heterocycles. The Hall–Kier alpha value is -0.650. The Balaban J connectivity index is 3.72. The van der Waals surface area contributed by atoms with Crippen molar-refractivity contribution >= 4 is 5.91 Å². The van der Waals surface area contributed by atoms with Crippen molar-refractivity contribution in [1.82, 2.24) is 5.43 Å². The quantitative estimate of drug-likeness (QED) is 0.193. The van der Waals surface area contributed by atoms with Crippen LogP contribution in [0.15, 0.2) is 0 Å². The Morgan fingerprint density at radius 1 is 1.78 bits per heavy atom. The third-order valence-electron chi connectivity index (χ3n) is 0.965. The number of carbonyl (C=O) groups is 1. The molecule has 0 rings (SSSR count). The number of amides is 1. The summed E-state index contributed by atoms with van der Waals surface area (Å²) in [6.07, 6.45) is -0.867. The van der Waals surface area contributed by atoms with Gasteiger partial charge in [0.25, 0.3) is 5.91 Å². The molecule has 2 atom stereocenters. The Morgan fingerprint density at radius 3 is 2.33 bits per heavy atom. The van der Waals surface area contributed by atoms with Crippen molar-refractivity contribution in [2.45, 2.75) is 19.1 Å². The summed E-state index contributed by atoms with van der Waals surface area (Å²) in [5.41, 5.74) is 6.95. The van der Waals surface area contributed by atoms with Crippen LogP contribution in [0, 0.1) is 0 Å². The lowest BCUT2D eigenvalue weighted by Crippen LogP contribution is -2.49.